The van der Waals surface area contributed by atoms with E-state index in [2.05, 4.69) is 20.5 Å². The Bertz CT molecular complexity index is 913. The van der Waals surface area contributed by atoms with Gasteiger partial charge in [-0.15, -0.1) is 0 Å². The number of phenols is 1. The van der Waals surface area contributed by atoms with Gasteiger partial charge in [-0.3, -0.25) is 9.69 Å². The van der Waals surface area contributed by atoms with Gasteiger partial charge in [0.2, 0.25) is 0 Å². The van der Waals surface area contributed by atoms with E-state index in [-0.39, 0.29) is 12.5 Å². The number of hydrogen-bond acceptors (Lipinski definition) is 6. The van der Waals surface area contributed by atoms with Gasteiger partial charge in [0.15, 0.2) is 0 Å². The highest BCUT2D eigenvalue weighted by Gasteiger charge is 2.22. The van der Waals surface area contributed by atoms with Crippen LogP contribution in [-0.2, 0) is 13.0 Å². The average Bonchev–Trinajstić information content (AvgIpc) is 2.72. The molecule has 7 heteroatoms. The molecular weight excluding hydrogens is 380 g/mol. The molecule has 1 aliphatic heterocycles. The highest BCUT2D eigenvalue weighted by atomic mass is 16.3. The van der Waals surface area contributed by atoms with Crippen molar-refractivity contribution in [3.8, 4) is 5.75 Å². The number of aromatic hydroxyl groups is 1. The normalized spacial score (nSPS) is 17.7. The molecule has 30 heavy (non-hydrogen) atoms. The standard InChI is InChI=1S/C23H30N4O3/c1-15-20-8-10-27(13-17(20)5-6-21(15)29)14-19(28)12-25-23(30)16-7-9-24-22(11-16)26-18-3-2-4-18/h5-7,9,11,18-19,28-29H,2-4,8,10,12-14H2,1H3,(H,24,26)(H,25,30)/t19-/m0/s1. The van der Waals surface area contributed by atoms with Gasteiger partial charge in [-0.25, -0.2) is 4.98 Å². The minimum absolute atomic E-state index is 0.199. The Morgan fingerprint density at radius 3 is 2.93 bits per heavy atom. The monoisotopic (exact) mass is 410 g/mol. The lowest BCUT2D eigenvalue weighted by molar-refractivity contribution is 0.0841. The van der Waals surface area contributed by atoms with Crippen LogP contribution in [0.1, 0.15) is 46.3 Å². The number of aliphatic hydroxyl groups excluding tert-OH is 1. The molecule has 0 bridgehead atoms. The van der Waals surface area contributed by atoms with Crippen LogP contribution in [0.3, 0.4) is 0 Å². The van der Waals surface area contributed by atoms with E-state index in [1.807, 2.05) is 13.0 Å². The first-order valence-corrected chi connectivity index (χ1v) is 10.7. The molecule has 2 aromatic rings. The number of carbonyl (C=O) groups excluding carboxylic acids is 1. The van der Waals surface area contributed by atoms with Gasteiger partial charge in [-0.1, -0.05) is 6.07 Å². The number of aliphatic hydroxyl groups is 1. The van der Waals surface area contributed by atoms with E-state index in [9.17, 15) is 15.0 Å². The molecule has 2 aliphatic rings. The maximum atomic E-state index is 12.5. The lowest BCUT2D eigenvalue weighted by Gasteiger charge is -2.31. The van der Waals surface area contributed by atoms with Gasteiger partial charge >= 0.3 is 0 Å². The maximum Gasteiger partial charge on any atom is 0.251 e. The van der Waals surface area contributed by atoms with Gasteiger partial charge in [0.25, 0.3) is 5.91 Å². The number of aromatic nitrogens is 1. The Morgan fingerprint density at radius 2 is 2.17 bits per heavy atom. The van der Waals surface area contributed by atoms with Crippen LogP contribution in [0.4, 0.5) is 5.82 Å². The number of rotatable bonds is 7. The molecule has 1 aromatic carbocycles. The zero-order valence-corrected chi connectivity index (χ0v) is 17.4. The minimum atomic E-state index is -0.650. The molecule has 0 unspecified atom stereocenters. The van der Waals surface area contributed by atoms with Crippen LogP contribution >= 0.6 is 0 Å². The van der Waals surface area contributed by atoms with Gasteiger partial charge in [-0.05, 0) is 67.5 Å². The van der Waals surface area contributed by atoms with Gasteiger partial charge in [0.1, 0.15) is 11.6 Å². The molecule has 1 aliphatic carbocycles. The number of nitrogens with zero attached hydrogens (tertiary/aromatic N) is 2. The fraction of sp³-hybridized carbons (Fsp3) is 0.478. The van der Waals surface area contributed by atoms with Gasteiger partial charge in [0.05, 0.1) is 6.10 Å². The molecule has 1 amide bonds. The number of fused-ring (bicyclic) bond motifs is 1. The third-order valence-electron chi connectivity index (χ3n) is 6.19. The number of pyridine rings is 1. The van der Waals surface area contributed by atoms with Crippen LogP contribution < -0.4 is 10.6 Å². The Morgan fingerprint density at radius 1 is 1.33 bits per heavy atom. The predicted octanol–water partition coefficient (Wildman–Crippen LogP) is 2.21. The van der Waals surface area contributed by atoms with E-state index in [1.165, 1.54) is 17.5 Å². The quantitative estimate of drug-likeness (QED) is 0.559. The van der Waals surface area contributed by atoms with Crippen molar-refractivity contribution in [3.63, 3.8) is 0 Å². The summed E-state index contributed by atoms with van der Waals surface area (Å²) in [5, 5.41) is 26.5. The molecule has 1 atom stereocenters. The first kappa shape index (κ1) is 20.6. The molecule has 0 saturated heterocycles. The van der Waals surface area contributed by atoms with E-state index in [4.69, 9.17) is 0 Å². The third kappa shape index (κ3) is 4.74. The first-order valence-electron chi connectivity index (χ1n) is 10.7. The van der Waals surface area contributed by atoms with Crippen molar-refractivity contribution in [3.05, 3.63) is 52.7 Å². The van der Waals surface area contributed by atoms with E-state index in [1.54, 1.807) is 24.4 Å². The van der Waals surface area contributed by atoms with Crippen molar-refractivity contribution in [1.82, 2.24) is 15.2 Å². The van der Waals surface area contributed by atoms with Crippen LogP contribution in [0.2, 0.25) is 0 Å². The summed E-state index contributed by atoms with van der Waals surface area (Å²) in [6.45, 7) is 4.19. The molecule has 0 radical (unpaired) electrons. The Labute approximate surface area is 177 Å². The molecule has 7 nitrogen and oxygen atoms in total. The molecule has 4 rings (SSSR count). The van der Waals surface area contributed by atoms with Crippen LogP contribution in [0, 0.1) is 6.92 Å². The Balaban J connectivity index is 1.26. The summed E-state index contributed by atoms with van der Waals surface area (Å²) >= 11 is 0. The van der Waals surface area contributed by atoms with E-state index < -0.39 is 6.10 Å². The van der Waals surface area contributed by atoms with Crippen molar-refractivity contribution in [1.29, 1.82) is 0 Å². The second kappa shape index (κ2) is 9.02. The summed E-state index contributed by atoms with van der Waals surface area (Å²) in [6, 6.07) is 7.60. The highest BCUT2D eigenvalue weighted by molar-refractivity contribution is 5.94. The lowest BCUT2D eigenvalue weighted by Crippen LogP contribution is -2.42. The number of phenolic OH excluding ortho intramolecular Hbond substituents is 1. The van der Waals surface area contributed by atoms with Crippen molar-refractivity contribution in [2.45, 2.75) is 51.3 Å². The largest absolute Gasteiger partial charge is 0.508 e. The Hall–Kier alpha value is -2.64. The van der Waals surface area contributed by atoms with Gasteiger partial charge in [-0.2, -0.15) is 0 Å². The number of amides is 1. The Kier molecular flexibility index (Phi) is 6.20. The summed E-state index contributed by atoms with van der Waals surface area (Å²) in [7, 11) is 0. The number of nitrogens with one attached hydrogen (secondary N) is 2. The number of benzene rings is 1. The molecule has 2 heterocycles. The summed E-state index contributed by atoms with van der Waals surface area (Å²) in [4.78, 5) is 18.9. The van der Waals surface area contributed by atoms with Crippen LogP contribution in [0.5, 0.6) is 5.75 Å². The molecule has 1 saturated carbocycles. The van der Waals surface area contributed by atoms with E-state index in [0.29, 0.717) is 23.9 Å². The van der Waals surface area contributed by atoms with Gasteiger partial charge < -0.3 is 20.8 Å². The molecule has 1 fully saturated rings. The number of anilines is 1. The summed E-state index contributed by atoms with van der Waals surface area (Å²) in [5.41, 5.74) is 3.89. The van der Waals surface area contributed by atoms with Crippen molar-refractivity contribution in [2.75, 3.05) is 25.0 Å². The first-order chi connectivity index (χ1) is 14.5. The van der Waals surface area contributed by atoms with Gasteiger partial charge in [0, 0.05) is 44.0 Å². The van der Waals surface area contributed by atoms with Crippen molar-refractivity contribution < 1.29 is 15.0 Å². The molecule has 0 spiro atoms. The zero-order valence-electron chi connectivity index (χ0n) is 17.4. The summed E-state index contributed by atoms with van der Waals surface area (Å²) in [6.07, 6.45) is 5.36. The minimum Gasteiger partial charge on any atom is -0.508 e. The second-order valence-corrected chi connectivity index (χ2v) is 8.40. The number of carbonyl (C=O) groups is 1. The zero-order chi connectivity index (χ0) is 21.1. The maximum absolute atomic E-state index is 12.5. The summed E-state index contributed by atoms with van der Waals surface area (Å²) in [5.74, 6) is 0.858. The average molecular weight is 411 g/mol. The smallest absolute Gasteiger partial charge is 0.251 e. The number of β-amino-alcohol motifs (C(OH)–C–C–N with tert-alkyl or cyclic N) is 1. The van der Waals surface area contributed by atoms with E-state index >= 15 is 0 Å². The molecule has 4 N–H and O–H groups in total. The van der Waals surface area contributed by atoms with Crippen molar-refractivity contribution in [2.24, 2.45) is 0 Å². The topological polar surface area (TPSA) is 97.7 Å². The predicted molar refractivity (Wildman–Crippen MR) is 116 cm³/mol. The van der Waals surface area contributed by atoms with E-state index in [0.717, 1.165) is 43.7 Å². The SMILES string of the molecule is Cc1c(O)ccc2c1CCN(C[C@@H](O)CNC(=O)c1ccnc(NC3CCC3)c1)C2. The molecule has 1 aromatic heterocycles. The summed E-state index contributed by atoms with van der Waals surface area (Å²) < 4.78 is 0. The van der Waals surface area contributed by atoms with Crippen LogP contribution in [-0.4, -0.2) is 57.8 Å². The fourth-order valence-electron chi connectivity index (χ4n) is 4.13. The van der Waals surface area contributed by atoms with Crippen LogP contribution in [0.15, 0.2) is 30.5 Å². The second-order valence-electron chi connectivity index (χ2n) is 8.40. The molecular formula is C23H30N4O3. The third-order valence-corrected chi connectivity index (χ3v) is 6.19. The van der Waals surface area contributed by atoms with Crippen molar-refractivity contribution >= 4 is 11.7 Å². The lowest BCUT2D eigenvalue weighted by atomic mass is 9.93. The fourth-order valence-corrected chi connectivity index (χ4v) is 4.13. The highest BCUT2D eigenvalue weighted by Crippen LogP contribution is 2.28. The molecule has 160 valence electrons. The number of hydrogen-bond donors (Lipinski definition) is 4. The van der Waals surface area contributed by atoms with Crippen LogP contribution in [0.25, 0.3) is 0 Å².